The van der Waals surface area contributed by atoms with Crippen LogP contribution in [0.1, 0.15) is 5.76 Å². The summed E-state index contributed by atoms with van der Waals surface area (Å²) in [6.07, 6.45) is 0.883. The van der Waals surface area contributed by atoms with E-state index in [1.54, 1.807) is 0 Å². The molecular weight excluding hydrogens is 216 g/mol. The molecule has 0 aliphatic heterocycles. The molecule has 0 bridgehead atoms. The summed E-state index contributed by atoms with van der Waals surface area (Å²) in [7, 11) is 0. The standard InChI is InChI=1S/C6H3ClN2O5/c7-5(8(10)11)3-4-1-2-6(14-4)9(12)13/h1-3H/b5-3+. The van der Waals surface area contributed by atoms with Crippen molar-refractivity contribution >= 4 is 23.6 Å². The largest absolute Gasteiger partial charge is 0.433 e. The zero-order valence-electron chi connectivity index (χ0n) is 6.55. The summed E-state index contributed by atoms with van der Waals surface area (Å²) in [5.41, 5.74) is 0. The lowest BCUT2D eigenvalue weighted by Gasteiger charge is -1.85. The predicted octanol–water partition coefficient (Wildman–Crippen LogP) is 2.00. The first-order chi connectivity index (χ1) is 6.50. The number of nitro groups is 2. The normalized spacial score (nSPS) is 11.4. The van der Waals surface area contributed by atoms with Crippen LogP contribution in [0.2, 0.25) is 0 Å². The van der Waals surface area contributed by atoms with E-state index in [9.17, 15) is 20.2 Å². The zero-order chi connectivity index (χ0) is 10.7. The Hall–Kier alpha value is -1.89. The third-order valence-corrected chi connectivity index (χ3v) is 1.48. The molecule has 8 heteroatoms. The first-order valence-corrected chi connectivity index (χ1v) is 3.64. The highest BCUT2D eigenvalue weighted by Gasteiger charge is 2.13. The van der Waals surface area contributed by atoms with Crippen LogP contribution in [0.15, 0.2) is 21.7 Å². The fourth-order valence-electron chi connectivity index (χ4n) is 0.688. The van der Waals surface area contributed by atoms with Crippen LogP contribution >= 0.6 is 11.6 Å². The van der Waals surface area contributed by atoms with Gasteiger partial charge in [0.1, 0.15) is 10.7 Å². The minimum absolute atomic E-state index is 0.0431. The van der Waals surface area contributed by atoms with Crippen molar-refractivity contribution in [2.45, 2.75) is 0 Å². The van der Waals surface area contributed by atoms with Gasteiger partial charge in [-0.1, -0.05) is 0 Å². The summed E-state index contributed by atoms with van der Waals surface area (Å²) in [4.78, 5) is 18.6. The van der Waals surface area contributed by atoms with Crippen LogP contribution in [0.25, 0.3) is 6.08 Å². The van der Waals surface area contributed by atoms with Crippen LogP contribution in [0.5, 0.6) is 0 Å². The summed E-state index contributed by atoms with van der Waals surface area (Å²) < 4.78 is 4.60. The fraction of sp³-hybridized carbons (Fsp3) is 0. The molecule has 0 saturated heterocycles. The van der Waals surface area contributed by atoms with Crippen LogP contribution in [-0.2, 0) is 0 Å². The summed E-state index contributed by atoms with van der Waals surface area (Å²) in [6, 6.07) is 2.29. The molecule has 1 aromatic rings. The third-order valence-electron chi connectivity index (χ3n) is 1.23. The molecule has 0 N–H and O–H groups in total. The number of hydrogen-bond donors (Lipinski definition) is 0. The summed E-state index contributed by atoms with van der Waals surface area (Å²) >= 11 is 5.17. The van der Waals surface area contributed by atoms with Crippen molar-refractivity contribution in [3.05, 3.63) is 43.3 Å². The summed E-state index contributed by atoms with van der Waals surface area (Å²) in [6.45, 7) is 0. The maximum absolute atomic E-state index is 10.2. The van der Waals surface area contributed by atoms with Crippen LogP contribution < -0.4 is 0 Å². The van der Waals surface area contributed by atoms with Crippen molar-refractivity contribution in [1.29, 1.82) is 0 Å². The molecule has 0 aliphatic carbocycles. The van der Waals surface area contributed by atoms with Gasteiger partial charge in [-0.2, -0.15) is 0 Å². The van der Waals surface area contributed by atoms with E-state index < -0.39 is 20.9 Å². The third kappa shape index (κ3) is 2.30. The van der Waals surface area contributed by atoms with Gasteiger partial charge in [-0.3, -0.25) is 20.2 Å². The monoisotopic (exact) mass is 218 g/mol. The van der Waals surface area contributed by atoms with Gasteiger partial charge in [-0.05, 0) is 17.7 Å². The quantitative estimate of drug-likeness (QED) is 0.439. The maximum Gasteiger partial charge on any atom is 0.433 e. The number of hydrogen-bond acceptors (Lipinski definition) is 5. The van der Waals surface area contributed by atoms with Crippen molar-refractivity contribution in [2.24, 2.45) is 0 Å². The molecule has 0 amide bonds. The molecule has 1 aromatic heterocycles. The van der Waals surface area contributed by atoms with Crippen molar-refractivity contribution in [3.8, 4) is 0 Å². The molecule has 74 valence electrons. The van der Waals surface area contributed by atoms with Gasteiger partial charge < -0.3 is 4.42 Å². The summed E-state index contributed by atoms with van der Waals surface area (Å²) in [5.74, 6) is -0.539. The van der Waals surface area contributed by atoms with Gasteiger partial charge in [-0.25, -0.2) is 0 Å². The van der Waals surface area contributed by atoms with E-state index in [1.165, 1.54) is 6.07 Å². The number of nitrogens with zero attached hydrogens (tertiary/aromatic N) is 2. The predicted molar refractivity (Wildman–Crippen MR) is 46.2 cm³/mol. The highest BCUT2D eigenvalue weighted by Crippen LogP contribution is 2.19. The van der Waals surface area contributed by atoms with E-state index in [2.05, 4.69) is 4.42 Å². The molecule has 0 saturated carbocycles. The topological polar surface area (TPSA) is 99.4 Å². The van der Waals surface area contributed by atoms with Crippen molar-refractivity contribution in [2.75, 3.05) is 0 Å². The average Bonchev–Trinajstić information content (AvgIpc) is 2.52. The Kier molecular flexibility index (Phi) is 2.82. The fourth-order valence-corrected chi connectivity index (χ4v) is 0.796. The van der Waals surface area contributed by atoms with E-state index in [0.717, 1.165) is 12.1 Å². The molecule has 0 unspecified atom stereocenters. The number of rotatable bonds is 3. The van der Waals surface area contributed by atoms with Crippen LogP contribution in [0, 0.1) is 20.2 Å². The Morgan fingerprint density at radius 1 is 1.43 bits per heavy atom. The van der Waals surface area contributed by atoms with Crippen LogP contribution in [-0.4, -0.2) is 9.85 Å². The van der Waals surface area contributed by atoms with E-state index in [0.29, 0.717) is 0 Å². The SMILES string of the molecule is O=[N+]([O-])/C(Cl)=C/c1ccc([N+](=O)[O-])o1. The van der Waals surface area contributed by atoms with E-state index in [1.807, 2.05) is 0 Å². The molecule has 0 spiro atoms. The first kappa shape index (κ1) is 10.2. The lowest BCUT2D eigenvalue weighted by molar-refractivity contribution is -0.410. The lowest BCUT2D eigenvalue weighted by atomic mass is 10.4. The zero-order valence-corrected chi connectivity index (χ0v) is 7.30. The average molecular weight is 219 g/mol. The minimum atomic E-state index is -0.837. The second kappa shape index (κ2) is 3.88. The van der Waals surface area contributed by atoms with Gasteiger partial charge in [0.15, 0.2) is 0 Å². The van der Waals surface area contributed by atoms with Crippen molar-refractivity contribution in [3.63, 3.8) is 0 Å². The van der Waals surface area contributed by atoms with Gasteiger partial charge in [0.2, 0.25) is 0 Å². The van der Waals surface area contributed by atoms with Gasteiger partial charge in [0.05, 0.1) is 17.1 Å². The highest BCUT2D eigenvalue weighted by atomic mass is 35.5. The smallest absolute Gasteiger partial charge is 0.401 e. The number of furan rings is 1. The van der Waals surface area contributed by atoms with Gasteiger partial charge >= 0.3 is 11.0 Å². The molecular formula is C6H3ClN2O5. The Bertz CT molecular complexity index is 410. The van der Waals surface area contributed by atoms with E-state index >= 15 is 0 Å². The molecule has 0 aliphatic rings. The second-order valence-electron chi connectivity index (χ2n) is 2.16. The lowest BCUT2D eigenvalue weighted by Crippen LogP contribution is -1.89. The highest BCUT2D eigenvalue weighted by molar-refractivity contribution is 6.29. The molecule has 0 aromatic carbocycles. The van der Waals surface area contributed by atoms with E-state index in [4.69, 9.17) is 11.6 Å². The Morgan fingerprint density at radius 2 is 2.07 bits per heavy atom. The van der Waals surface area contributed by atoms with Crippen LogP contribution in [0.4, 0.5) is 5.88 Å². The minimum Gasteiger partial charge on any atom is -0.401 e. The van der Waals surface area contributed by atoms with Crippen LogP contribution in [0.3, 0.4) is 0 Å². The second-order valence-corrected chi connectivity index (χ2v) is 2.54. The van der Waals surface area contributed by atoms with Gasteiger partial charge in [0, 0.05) is 0 Å². The summed E-state index contributed by atoms with van der Waals surface area (Å²) in [5, 5.41) is 19.6. The molecule has 1 rings (SSSR count). The van der Waals surface area contributed by atoms with E-state index in [-0.39, 0.29) is 5.76 Å². The van der Waals surface area contributed by atoms with Gasteiger partial charge in [-0.15, -0.1) is 0 Å². The Morgan fingerprint density at radius 3 is 2.50 bits per heavy atom. The maximum atomic E-state index is 10.2. The van der Waals surface area contributed by atoms with Crippen molar-refractivity contribution in [1.82, 2.24) is 0 Å². The Balaban J connectivity index is 2.93. The number of halogens is 1. The molecule has 7 nitrogen and oxygen atoms in total. The molecule has 14 heavy (non-hydrogen) atoms. The molecule has 0 fully saturated rings. The first-order valence-electron chi connectivity index (χ1n) is 3.26. The molecule has 1 heterocycles. The molecule has 0 radical (unpaired) electrons. The van der Waals surface area contributed by atoms with Crippen molar-refractivity contribution < 1.29 is 14.3 Å². The Labute approximate surface area is 81.9 Å². The van der Waals surface area contributed by atoms with Gasteiger partial charge in [0.25, 0.3) is 0 Å². The molecule has 0 atom stereocenters.